The van der Waals surface area contributed by atoms with Gasteiger partial charge in [-0.2, -0.15) is 0 Å². The molecule has 0 fully saturated rings. The highest BCUT2D eigenvalue weighted by Gasteiger charge is 2.31. The molecule has 9 heteroatoms. The first kappa shape index (κ1) is 17.9. The molecule has 0 saturated heterocycles. The summed E-state index contributed by atoms with van der Waals surface area (Å²) in [5.74, 6) is -2.35. The van der Waals surface area contributed by atoms with Gasteiger partial charge in [0.05, 0.1) is 18.5 Å². The molecule has 0 bridgehead atoms. The number of hydrogen-bond acceptors (Lipinski definition) is 5. The maximum Gasteiger partial charge on any atom is 0.305 e. The first-order valence-electron chi connectivity index (χ1n) is 8.29. The van der Waals surface area contributed by atoms with Crippen LogP contribution in [-0.4, -0.2) is 40.0 Å². The van der Waals surface area contributed by atoms with Gasteiger partial charge in [0.2, 0.25) is 0 Å². The number of carbonyl (C=O) groups excluding carboxylic acids is 2. The molecule has 0 saturated carbocycles. The maximum absolute atomic E-state index is 12.4. The number of carboxylic acid groups (broad SMARTS) is 1. The quantitative estimate of drug-likeness (QED) is 0.412. The van der Waals surface area contributed by atoms with Crippen LogP contribution in [0.15, 0.2) is 24.3 Å². The lowest BCUT2D eigenvalue weighted by Crippen LogP contribution is -2.56. The maximum atomic E-state index is 12.4. The molecular weight excluding hydrogens is 338 g/mol. The predicted molar refractivity (Wildman–Crippen MR) is 93.9 cm³/mol. The number of nitrogens with one attached hydrogen (secondary N) is 4. The van der Waals surface area contributed by atoms with Crippen molar-refractivity contribution in [2.45, 2.75) is 37.9 Å². The third-order valence-corrected chi connectivity index (χ3v) is 4.50. The average Bonchev–Trinajstić information content (AvgIpc) is 2.98. The van der Waals surface area contributed by atoms with Gasteiger partial charge in [-0.15, -0.1) is 0 Å². The molecule has 9 nitrogen and oxygen atoms in total. The standard InChI is InChI=1S/C17H21N5O4/c1-8-15-10(9-4-2-3-5-12(9)20-15)6-13(19-8)17(26)22-21-16(25)11(18)7-14(23)24/h2-5,8,11,13,19-20H,6-7,18H2,1H3,(H,21,25)(H,22,26)(H,23,24)/t8-,11-,13-/m0/s1. The van der Waals surface area contributed by atoms with E-state index in [2.05, 4.69) is 21.2 Å². The second-order valence-electron chi connectivity index (χ2n) is 6.39. The number of para-hydroxylation sites is 1. The van der Waals surface area contributed by atoms with Crippen LogP contribution in [-0.2, 0) is 20.8 Å². The van der Waals surface area contributed by atoms with Gasteiger partial charge in [0.25, 0.3) is 11.8 Å². The van der Waals surface area contributed by atoms with Crippen molar-refractivity contribution >= 4 is 28.7 Å². The molecule has 26 heavy (non-hydrogen) atoms. The number of aliphatic carboxylic acids is 1. The molecule has 1 aliphatic rings. The molecule has 1 aromatic carbocycles. The molecule has 1 aromatic heterocycles. The second kappa shape index (κ2) is 7.14. The Morgan fingerprint density at radius 2 is 2.04 bits per heavy atom. The molecule has 2 heterocycles. The van der Waals surface area contributed by atoms with Crippen LogP contribution in [0.3, 0.4) is 0 Å². The fourth-order valence-electron chi connectivity index (χ4n) is 3.21. The molecule has 3 rings (SSSR count). The topological polar surface area (TPSA) is 149 Å². The number of amides is 2. The summed E-state index contributed by atoms with van der Waals surface area (Å²) < 4.78 is 0. The number of hydrogen-bond donors (Lipinski definition) is 6. The summed E-state index contributed by atoms with van der Waals surface area (Å²) in [5, 5.41) is 12.9. The van der Waals surface area contributed by atoms with E-state index in [-0.39, 0.29) is 6.04 Å². The highest BCUT2D eigenvalue weighted by molar-refractivity contribution is 5.91. The van der Waals surface area contributed by atoms with E-state index in [9.17, 15) is 14.4 Å². The summed E-state index contributed by atoms with van der Waals surface area (Å²) in [6, 6.07) is 6.06. The minimum absolute atomic E-state index is 0.0631. The van der Waals surface area contributed by atoms with Crippen LogP contribution in [0.25, 0.3) is 10.9 Å². The summed E-state index contributed by atoms with van der Waals surface area (Å²) >= 11 is 0. The molecule has 0 radical (unpaired) electrons. The first-order valence-corrected chi connectivity index (χ1v) is 8.29. The Hall–Kier alpha value is -2.91. The van der Waals surface area contributed by atoms with E-state index in [1.54, 1.807) is 0 Å². The van der Waals surface area contributed by atoms with E-state index in [1.165, 1.54) is 0 Å². The Balaban J connectivity index is 1.66. The Kier molecular flexibility index (Phi) is 4.92. The van der Waals surface area contributed by atoms with Crippen LogP contribution < -0.4 is 21.9 Å². The highest BCUT2D eigenvalue weighted by Crippen LogP contribution is 2.31. The zero-order valence-electron chi connectivity index (χ0n) is 14.2. The summed E-state index contributed by atoms with van der Waals surface area (Å²) in [4.78, 5) is 38.1. The van der Waals surface area contributed by atoms with Crippen molar-refractivity contribution < 1.29 is 19.5 Å². The lowest BCUT2D eigenvalue weighted by Gasteiger charge is -2.28. The molecule has 138 valence electrons. The van der Waals surface area contributed by atoms with Crippen LogP contribution in [0.5, 0.6) is 0 Å². The van der Waals surface area contributed by atoms with Gasteiger partial charge >= 0.3 is 5.97 Å². The van der Waals surface area contributed by atoms with Crippen molar-refractivity contribution in [3.05, 3.63) is 35.5 Å². The van der Waals surface area contributed by atoms with Crippen molar-refractivity contribution in [3.63, 3.8) is 0 Å². The number of nitrogens with two attached hydrogens (primary N) is 1. The number of carbonyl (C=O) groups is 3. The van der Waals surface area contributed by atoms with Crippen LogP contribution in [0.4, 0.5) is 0 Å². The lowest BCUT2D eigenvalue weighted by atomic mass is 9.94. The van der Waals surface area contributed by atoms with Gasteiger partial charge in [0.15, 0.2) is 0 Å². The Morgan fingerprint density at radius 1 is 1.31 bits per heavy atom. The normalized spacial score (nSPS) is 20.2. The monoisotopic (exact) mass is 359 g/mol. The Labute approximate surface area is 149 Å². The minimum atomic E-state index is -1.23. The van der Waals surface area contributed by atoms with Crippen LogP contribution in [0.1, 0.15) is 30.6 Å². The van der Waals surface area contributed by atoms with Crippen molar-refractivity contribution in [1.29, 1.82) is 0 Å². The van der Waals surface area contributed by atoms with Gasteiger partial charge in [-0.3, -0.25) is 30.6 Å². The van der Waals surface area contributed by atoms with Gasteiger partial charge in [0.1, 0.15) is 0 Å². The van der Waals surface area contributed by atoms with Gasteiger partial charge in [-0.05, 0) is 25.0 Å². The van der Waals surface area contributed by atoms with E-state index < -0.39 is 36.3 Å². The number of aromatic amines is 1. The molecule has 3 atom stereocenters. The van der Waals surface area contributed by atoms with Crippen LogP contribution >= 0.6 is 0 Å². The number of aromatic nitrogens is 1. The van der Waals surface area contributed by atoms with Crippen molar-refractivity contribution in [2.24, 2.45) is 5.73 Å². The molecule has 0 unspecified atom stereocenters. The number of hydrazine groups is 1. The third kappa shape index (κ3) is 3.53. The van der Waals surface area contributed by atoms with E-state index in [0.717, 1.165) is 22.2 Å². The molecule has 0 aliphatic carbocycles. The van der Waals surface area contributed by atoms with Crippen molar-refractivity contribution in [2.75, 3.05) is 0 Å². The van der Waals surface area contributed by atoms with E-state index >= 15 is 0 Å². The fraction of sp³-hybridized carbons (Fsp3) is 0.353. The minimum Gasteiger partial charge on any atom is -0.481 e. The number of carboxylic acids is 1. The number of H-pyrrole nitrogens is 1. The van der Waals surface area contributed by atoms with Gasteiger partial charge in [-0.1, -0.05) is 18.2 Å². The average molecular weight is 359 g/mol. The zero-order chi connectivity index (χ0) is 18.8. The van der Waals surface area contributed by atoms with Gasteiger partial charge in [0, 0.05) is 22.6 Å². The largest absolute Gasteiger partial charge is 0.481 e. The predicted octanol–water partition coefficient (Wildman–Crippen LogP) is -0.307. The summed E-state index contributed by atoms with van der Waals surface area (Å²) in [6.45, 7) is 1.95. The Morgan fingerprint density at radius 3 is 2.77 bits per heavy atom. The van der Waals surface area contributed by atoms with E-state index in [1.807, 2.05) is 31.2 Å². The van der Waals surface area contributed by atoms with E-state index in [0.29, 0.717) is 6.42 Å². The number of rotatable bonds is 4. The van der Waals surface area contributed by atoms with Crippen molar-refractivity contribution in [1.82, 2.24) is 21.2 Å². The zero-order valence-corrected chi connectivity index (χ0v) is 14.2. The molecule has 0 spiro atoms. The SMILES string of the molecule is C[C@@H]1N[C@H](C(=O)NNC(=O)[C@@H](N)CC(=O)O)Cc2c1[nH]c1ccccc21. The summed E-state index contributed by atoms with van der Waals surface area (Å²) in [6.07, 6.45) is -0.0499. The van der Waals surface area contributed by atoms with E-state index in [4.69, 9.17) is 10.8 Å². The summed E-state index contributed by atoms with van der Waals surface area (Å²) in [5.41, 5.74) is 13.1. The summed E-state index contributed by atoms with van der Waals surface area (Å²) in [7, 11) is 0. The first-order chi connectivity index (χ1) is 12.4. The van der Waals surface area contributed by atoms with Gasteiger partial charge in [-0.25, -0.2) is 0 Å². The lowest BCUT2D eigenvalue weighted by molar-refractivity contribution is -0.139. The van der Waals surface area contributed by atoms with Crippen LogP contribution in [0, 0.1) is 0 Å². The second-order valence-corrected chi connectivity index (χ2v) is 6.39. The number of benzene rings is 1. The highest BCUT2D eigenvalue weighted by atomic mass is 16.4. The Bertz CT molecular complexity index is 862. The fourth-order valence-corrected chi connectivity index (χ4v) is 3.21. The van der Waals surface area contributed by atoms with Gasteiger partial charge < -0.3 is 15.8 Å². The molecule has 7 N–H and O–H groups in total. The number of fused-ring (bicyclic) bond motifs is 3. The van der Waals surface area contributed by atoms with Crippen molar-refractivity contribution in [3.8, 4) is 0 Å². The third-order valence-electron chi connectivity index (χ3n) is 4.50. The van der Waals surface area contributed by atoms with Crippen LogP contribution in [0.2, 0.25) is 0 Å². The molecule has 1 aliphatic heterocycles. The molecular formula is C17H21N5O4. The molecule has 2 amide bonds. The smallest absolute Gasteiger partial charge is 0.305 e. The molecule has 2 aromatic rings.